The van der Waals surface area contributed by atoms with Crippen LogP contribution in [0, 0.1) is 25.5 Å². The van der Waals surface area contributed by atoms with E-state index in [1.807, 2.05) is 26.0 Å². The van der Waals surface area contributed by atoms with Crippen LogP contribution in [0.25, 0.3) is 0 Å². The van der Waals surface area contributed by atoms with Crippen molar-refractivity contribution in [2.75, 3.05) is 6.61 Å². The first kappa shape index (κ1) is 22.9. The topological polar surface area (TPSA) is 55.8 Å². The third kappa shape index (κ3) is 5.40. The minimum Gasteiger partial charge on any atom is -0.489 e. The second-order valence-corrected chi connectivity index (χ2v) is 8.55. The number of aryl methyl sites for hydroxylation is 2. The fourth-order valence-electron chi connectivity index (χ4n) is 4.40. The molecule has 0 saturated carbocycles. The van der Waals surface area contributed by atoms with Gasteiger partial charge in [-0.15, -0.1) is 0 Å². The minimum atomic E-state index is -0.746. The summed E-state index contributed by atoms with van der Waals surface area (Å²) in [7, 11) is 0. The molecule has 4 nitrogen and oxygen atoms in total. The number of aliphatic hydroxyl groups excluding tert-OH is 1. The minimum absolute atomic E-state index is 0.0114. The van der Waals surface area contributed by atoms with Crippen LogP contribution < -0.4 is 4.74 Å². The van der Waals surface area contributed by atoms with Crippen LogP contribution in [-0.2, 0) is 9.53 Å². The normalized spacial score (nSPS) is 18.3. The molecule has 3 aromatic rings. The molecule has 33 heavy (non-hydrogen) atoms. The maximum absolute atomic E-state index is 13.7. The molecule has 1 fully saturated rings. The number of cyclic esters (lactones) is 1. The zero-order chi connectivity index (χ0) is 23.5. The van der Waals surface area contributed by atoms with Gasteiger partial charge in [0.15, 0.2) is 0 Å². The lowest BCUT2D eigenvalue weighted by atomic mass is 9.83. The number of aliphatic hydroxyl groups is 1. The molecule has 1 heterocycles. The summed E-state index contributed by atoms with van der Waals surface area (Å²) in [6.07, 6.45) is -0.997. The molecule has 0 aromatic heterocycles. The third-order valence-electron chi connectivity index (χ3n) is 5.81. The molecule has 0 radical (unpaired) electrons. The van der Waals surface area contributed by atoms with E-state index in [-0.39, 0.29) is 30.6 Å². The molecule has 172 valence electrons. The van der Waals surface area contributed by atoms with Gasteiger partial charge in [-0.05, 0) is 54.8 Å². The third-order valence-corrected chi connectivity index (χ3v) is 5.81. The van der Waals surface area contributed by atoms with Gasteiger partial charge in [0.1, 0.15) is 30.1 Å². The largest absolute Gasteiger partial charge is 0.489 e. The summed E-state index contributed by atoms with van der Waals surface area (Å²) in [5, 5.41) is 9.91. The second kappa shape index (κ2) is 9.71. The Morgan fingerprint density at radius 1 is 1.00 bits per heavy atom. The van der Waals surface area contributed by atoms with Crippen molar-refractivity contribution in [3.63, 3.8) is 0 Å². The highest BCUT2D eigenvalue weighted by Crippen LogP contribution is 2.40. The van der Waals surface area contributed by atoms with Crippen LogP contribution in [0.2, 0.25) is 0 Å². The van der Waals surface area contributed by atoms with Gasteiger partial charge < -0.3 is 14.6 Å². The van der Waals surface area contributed by atoms with Gasteiger partial charge in [0.25, 0.3) is 0 Å². The molecule has 1 aliphatic heterocycles. The van der Waals surface area contributed by atoms with E-state index in [4.69, 9.17) is 9.47 Å². The second-order valence-electron chi connectivity index (χ2n) is 8.55. The number of carbonyl (C=O) groups is 1. The molecule has 0 bridgehead atoms. The number of ether oxygens (including phenoxy) is 2. The molecule has 1 aliphatic rings. The van der Waals surface area contributed by atoms with Crippen molar-refractivity contribution in [1.29, 1.82) is 0 Å². The Morgan fingerprint density at radius 3 is 2.12 bits per heavy atom. The molecule has 1 N–H and O–H groups in total. The summed E-state index contributed by atoms with van der Waals surface area (Å²) < 4.78 is 38.9. The first-order chi connectivity index (χ1) is 15.8. The SMILES string of the molecule is Cc1cc(C)c(OCC2C[C@@H](O)CC(=O)O2)c(C(c2ccc(F)cc2)c2ccc(F)cc2)c1. The van der Waals surface area contributed by atoms with Crippen molar-refractivity contribution in [2.24, 2.45) is 0 Å². The Hall–Kier alpha value is -3.25. The predicted octanol–water partition coefficient (Wildman–Crippen LogP) is 5.21. The molecule has 0 amide bonds. The van der Waals surface area contributed by atoms with E-state index < -0.39 is 18.2 Å². The van der Waals surface area contributed by atoms with E-state index in [1.54, 1.807) is 24.3 Å². The number of rotatable bonds is 6. The maximum Gasteiger partial charge on any atom is 0.308 e. The van der Waals surface area contributed by atoms with Crippen molar-refractivity contribution >= 4 is 5.97 Å². The molecule has 2 atom stereocenters. The van der Waals surface area contributed by atoms with E-state index in [0.717, 1.165) is 27.8 Å². The average Bonchev–Trinajstić information content (AvgIpc) is 2.75. The van der Waals surface area contributed by atoms with Gasteiger partial charge in [-0.25, -0.2) is 8.78 Å². The van der Waals surface area contributed by atoms with Crippen LogP contribution in [0.15, 0.2) is 60.7 Å². The lowest BCUT2D eigenvalue weighted by Gasteiger charge is -2.28. The molecular weight excluding hydrogens is 426 g/mol. The van der Waals surface area contributed by atoms with Crippen molar-refractivity contribution in [3.8, 4) is 5.75 Å². The van der Waals surface area contributed by atoms with Crippen LogP contribution in [-0.4, -0.2) is 29.9 Å². The van der Waals surface area contributed by atoms with Gasteiger partial charge >= 0.3 is 5.97 Å². The molecule has 6 heteroatoms. The Labute approximate surface area is 191 Å². The van der Waals surface area contributed by atoms with Crippen molar-refractivity contribution in [3.05, 3.63) is 100 Å². The summed E-state index contributed by atoms with van der Waals surface area (Å²) in [6, 6.07) is 16.4. The van der Waals surface area contributed by atoms with Crippen LogP contribution in [0.4, 0.5) is 8.78 Å². The monoisotopic (exact) mass is 452 g/mol. The number of hydrogen-bond donors (Lipinski definition) is 1. The lowest BCUT2D eigenvalue weighted by Crippen LogP contribution is -2.36. The summed E-state index contributed by atoms with van der Waals surface area (Å²) in [4.78, 5) is 11.7. The molecule has 1 saturated heterocycles. The molecular formula is C27H26F2O4. The fraction of sp³-hybridized carbons (Fsp3) is 0.296. The van der Waals surface area contributed by atoms with Crippen molar-refractivity contribution in [1.82, 2.24) is 0 Å². The average molecular weight is 452 g/mol. The standard InChI is InChI=1S/C27H26F2O4/c1-16-11-17(2)27(32-15-23-13-22(30)14-25(31)33-23)24(12-16)26(18-3-7-20(28)8-4-18)19-5-9-21(29)10-6-19/h3-12,22-23,26,30H,13-15H2,1-2H3/t22-,23?/m1/s1. The molecule has 4 rings (SSSR count). The van der Waals surface area contributed by atoms with Crippen LogP contribution >= 0.6 is 0 Å². The smallest absolute Gasteiger partial charge is 0.308 e. The Bertz CT molecular complexity index is 1080. The number of benzene rings is 3. The molecule has 0 aliphatic carbocycles. The summed E-state index contributed by atoms with van der Waals surface area (Å²) in [5.41, 5.74) is 4.41. The van der Waals surface area contributed by atoms with Gasteiger partial charge in [-0.1, -0.05) is 42.0 Å². The van der Waals surface area contributed by atoms with Crippen LogP contribution in [0.1, 0.15) is 46.6 Å². The molecule has 0 spiro atoms. The van der Waals surface area contributed by atoms with Crippen LogP contribution in [0.5, 0.6) is 5.75 Å². The molecule has 3 aromatic carbocycles. The van der Waals surface area contributed by atoms with Gasteiger partial charge in [-0.2, -0.15) is 0 Å². The lowest BCUT2D eigenvalue weighted by molar-refractivity contribution is -0.162. The zero-order valence-corrected chi connectivity index (χ0v) is 18.6. The van der Waals surface area contributed by atoms with Gasteiger partial charge in [0, 0.05) is 17.9 Å². The number of carbonyl (C=O) groups excluding carboxylic acids is 1. The fourth-order valence-corrected chi connectivity index (χ4v) is 4.40. The van der Waals surface area contributed by atoms with Crippen LogP contribution in [0.3, 0.4) is 0 Å². The van der Waals surface area contributed by atoms with E-state index >= 15 is 0 Å². The Balaban J connectivity index is 1.75. The summed E-state index contributed by atoms with van der Waals surface area (Å²) >= 11 is 0. The van der Waals surface area contributed by atoms with Gasteiger partial charge in [-0.3, -0.25) is 4.79 Å². The predicted molar refractivity (Wildman–Crippen MR) is 120 cm³/mol. The Kier molecular flexibility index (Phi) is 6.75. The highest BCUT2D eigenvalue weighted by Gasteiger charge is 2.29. The summed E-state index contributed by atoms with van der Waals surface area (Å²) in [6.45, 7) is 4.01. The summed E-state index contributed by atoms with van der Waals surface area (Å²) in [5.74, 6) is -0.842. The van der Waals surface area contributed by atoms with E-state index in [2.05, 4.69) is 0 Å². The van der Waals surface area contributed by atoms with Crippen molar-refractivity contribution < 1.29 is 28.2 Å². The zero-order valence-electron chi connectivity index (χ0n) is 18.6. The van der Waals surface area contributed by atoms with Gasteiger partial charge in [0.05, 0.1) is 12.5 Å². The van der Waals surface area contributed by atoms with Gasteiger partial charge in [0.2, 0.25) is 0 Å². The highest BCUT2D eigenvalue weighted by atomic mass is 19.1. The first-order valence-corrected chi connectivity index (χ1v) is 10.9. The van der Waals surface area contributed by atoms with Crippen molar-refractivity contribution in [2.45, 2.75) is 44.8 Å². The van der Waals surface area contributed by atoms with E-state index in [9.17, 15) is 18.7 Å². The number of hydrogen-bond acceptors (Lipinski definition) is 4. The quantitative estimate of drug-likeness (QED) is 0.412. The Morgan fingerprint density at radius 2 is 1.58 bits per heavy atom. The van der Waals surface area contributed by atoms with E-state index in [1.165, 1.54) is 24.3 Å². The van der Waals surface area contributed by atoms with E-state index in [0.29, 0.717) is 12.2 Å². The highest BCUT2D eigenvalue weighted by molar-refractivity contribution is 5.71. The number of halogens is 2. The number of esters is 1. The molecule has 1 unspecified atom stereocenters. The first-order valence-electron chi connectivity index (χ1n) is 10.9. The maximum atomic E-state index is 13.7.